The van der Waals surface area contributed by atoms with Gasteiger partial charge in [-0.3, -0.25) is 4.79 Å². The highest BCUT2D eigenvalue weighted by molar-refractivity contribution is 14.1. The second-order valence-electron chi connectivity index (χ2n) is 4.52. The first-order chi connectivity index (χ1) is 9.25. The Kier molecular flexibility index (Phi) is 5.21. The van der Waals surface area contributed by atoms with E-state index in [9.17, 15) is 14.7 Å². The van der Waals surface area contributed by atoms with Crippen molar-refractivity contribution in [2.45, 2.75) is 25.8 Å². The Hall–Kier alpha value is -1.51. The zero-order valence-corrected chi connectivity index (χ0v) is 13.6. The highest BCUT2D eigenvalue weighted by atomic mass is 127. The second-order valence-corrected chi connectivity index (χ2v) is 5.68. The summed E-state index contributed by atoms with van der Waals surface area (Å²) in [7, 11) is 1.43. The lowest BCUT2D eigenvalue weighted by molar-refractivity contribution is -0.143. The number of halogens is 1. The summed E-state index contributed by atoms with van der Waals surface area (Å²) in [5.74, 6) is -1.28. The Labute approximate surface area is 130 Å². The minimum absolute atomic E-state index is 0.257. The predicted molar refractivity (Wildman–Crippen MR) is 83.9 cm³/mol. The van der Waals surface area contributed by atoms with Gasteiger partial charge in [-0.05, 0) is 42.0 Å². The van der Waals surface area contributed by atoms with Gasteiger partial charge in [0.25, 0.3) is 5.91 Å². The van der Waals surface area contributed by atoms with Crippen LogP contribution in [-0.4, -0.2) is 29.6 Å². The topological polar surface area (TPSA) is 102 Å². The van der Waals surface area contributed by atoms with Gasteiger partial charge in [0.15, 0.2) is 0 Å². The second kappa shape index (κ2) is 6.29. The van der Waals surface area contributed by atoms with Crippen molar-refractivity contribution in [3.63, 3.8) is 0 Å². The monoisotopic (exact) mass is 392 g/mol. The van der Waals surface area contributed by atoms with Gasteiger partial charge in [-0.25, -0.2) is 4.79 Å². The summed E-state index contributed by atoms with van der Waals surface area (Å²) in [6.45, 7) is 3.15. The number of rotatable bonds is 5. The molecule has 0 heterocycles. The first-order valence-electron chi connectivity index (χ1n) is 5.94. The Morgan fingerprint density at radius 3 is 2.55 bits per heavy atom. The largest absolute Gasteiger partial charge is 0.496 e. The molecule has 0 unspecified atom stereocenters. The number of carbonyl (C=O) groups is 2. The molecule has 0 bridgehead atoms. The molecule has 1 aromatic rings. The Balaban J connectivity index is 3.15. The van der Waals surface area contributed by atoms with Crippen molar-refractivity contribution in [2.75, 3.05) is 12.8 Å². The number of hydrogen-bond acceptors (Lipinski definition) is 4. The third-order valence-electron chi connectivity index (χ3n) is 3.13. The molecule has 0 aromatic heterocycles. The molecule has 0 aliphatic carbocycles. The van der Waals surface area contributed by atoms with Crippen molar-refractivity contribution in [2.24, 2.45) is 0 Å². The van der Waals surface area contributed by atoms with Crippen LogP contribution in [0.15, 0.2) is 12.1 Å². The third kappa shape index (κ3) is 3.33. The number of aliphatic carboxylic acids is 1. The summed E-state index contributed by atoms with van der Waals surface area (Å²) in [4.78, 5) is 23.5. The standard InChI is InChI=1S/C13H17IN2O4/c1-4-13(2,12(18)19)16-11(17)7-5-8(14)9(15)6-10(7)20-3/h5-6H,4,15H2,1-3H3,(H,16,17)(H,18,19)/t13-/m1/s1. The summed E-state index contributed by atoms with van der Waals surface area (Å²) >= 11 is 2.00. The third-order valence-corrected chi connectivity index (χ3v) is 4.07. The molecular weight excluding hydrogens is 375 g/mol. The average Bonchev–Trinajstić information content (AvgIpc) is 2.40. The van der Waals surface area contributed by atoms with E-state index in [4.69, 9.17) is 10.5 Å². The summed E-state index contributed by atoms with van der Waals surface area (Å²) in [5.41, 5.74) is 5.18. The molecule has 0 radical (unpaired) electrons. The molecule has 110 valence electrons. The molecule has 6 nitrogen and oxygen atoms in total. The summed E-state index contributed by atoms with van der Waals surface area (Å²) in [5, 5.41) is 11.7. The summed E-state index contributed by atoms with van der Waals surface area (Å²) < 4.78 is 5.82. The molecule has 0 saturated carbocycles. The van der Waals surface area contributed by atoms with Crippen LogP contribution in [0.2, 0.25) is 0 Å². The van der Waals surface area contributed by atoms with Gasteiger partial charge in [-0.2, -0.15) is 0 Å². The lowest BCUT2D eigenvalue weighted by Gasteiger charge is -2.25. The first-order valence-corrected chi connectivity index (χ1v) is 7.02. The fourth-order valence-corrected chi connectivity index (χ4v) is 1.99. The number of carboxylic acids is 1. The first kappa shape index (κ1) is 16.5. The Bertz CT molecular complexity index is 547. The number of benzene rings is 1. The van der Waals surface area contributed by atoms with Gasteiger partial charge in [-0.15, -0.1) is 0 Å². The number of hydrogen-bond donors (Lipinski definition) is 3. The van der Waals surface area contributed by atoms with Crippen LogP contribution < -0.4 is 15.8 Å². The smallest absolute Gasteiger partial charge is 0.329 e. The van der Waals surface area contributed by atoms with Crippen LogP contribution >= 0.6 is 22.6 Å². The molecule has 1 aromatic carbocycles. The zero-order valence-electron chi connectivity index (χ0n) is 11.5. The average molecular weight is 392 g/mol. The minimum atomic E-state index is -1.32. The van der Waals surface area contributed by atoms with E-state index in [1.807, 2.05) is 22.6 Å². The lowest BCUT2D eigenvalue weighted by Crippen LogP contribution is -2.51. The quantitative estimate of drug-likeness (QED) is 0.525. The number of ether oxygens (including phenoxy) is 1. The number of nitrogens with two attached hydrogens (primary N) is 1. The summed E-state index contributed by atoms with van der Waals surface area (Å²) in [6, 6.07) is 3.11. The van der Waals surface area contributed by atoms with E-state index in [1.165, 1.54) is 14.0 Å². The van der Waals surface area contributed by atoms with Gasteiger partial charge in [0.05, 0.1) is 12.7 Å². The molecule has 0 spiro atoms. The van der Waals surface area contributed by atoms with Crippen molar-refractivity contribution < 1.29 is 19.4 Å². The molecular formula is C13H17IN2O4. The maximum atomic E-state index is 12.3. The van der Waals surface area contributed by atoms with Crippen LogP contribution in [0.25, 0.3) is 0 Å². The Morgan fingerprint density at radius 1 is 1.50 bits per heavy atom. The number of carboxylic acid groups (broad SMARTS) is 1. The minimum Gasteiger partial charge on any atom is -0.496 e. The van der Waals surface area contributed by atoms with Gasteiger partial charge < -0.3 is 20.9 Å². The van der Waals surface area contributed by atoms with Crippen LogP contribution in [0.4, 0.5) is 5.69 Å². The fourth-order valence-electron chi connectivity index (χ4n) is 1.53. The van der Waals surface area contributed by atoms with Gasteiger partial charge in [0, 0.05) is 15.3 Å². The van der Waals surface area contributed by atoms with E-state index in [2.05, 4.69) is 5.32 Å². The number of methoxy groups -OCH3 is 1. The number of nitrogens with one attached hydrogen (secondary N) is 1. The van der Waals surface area contributed by atoms with E-state index in [0.29, 0.717) is 15.0 Å². The number of nitrogen functional groups attached to an aromatic ring is 1. The number of amides is 1. The van der Waals surface area contributed by atoms with E-state index >= 15 is 0 Å². The van der Waals surface area contributed by atoms with Crippen LogP contribution in [0.5, 0.6) is 5.75 Å². The number of anilines is 1. The molecule has 4 N–H and O–H groups in total. The molecule has 0 saturated heterocycles. The van der Waals surface area contributed by atoms with E-state index in [0.717, 1.165) is 0 Å². The van der Waals surface area contributed by atoms with Gasteiger partial charge in [-0.1, -0.05) is 6.92 Å². The van der Waals surface area contributed by atoms with Crippen molar-refractivity contribution >= 4 is 40.2 Å². The number of carbonyl (C=O) groups excluding carboxylic acids is 1. The van der Waals surface area contributed by atoms with E-state index in [-0.39, 0.29) is 12.0 Å². The van der Waals surface area contributed by atoms with Gasteiger partial charge in [0.1, 0.15) is 11.3 Å². The molecule has 1 amide bonds. The molecule has 0 aliphatic rings. The molecule has 0 aliphatic heterocycles. The van der Waals surface area contributed by atoms with Crippen LogP contribution in [0.1, 0.15) is 30.6 Å². The maximum Gasteiger partial charge on any atom is 0.329 e. The predicted octanol–water partition coefficient (Wildman–Crippen LogP) is 1.87. The van der Waals surface area contributed by atoms with E-state index < -0.39 is 17.4 Å². The fraction of sp³-hybridized carbons (Fsp3) is 0.385. The highest BCUT2D eigenvalue weighted by Gasteiger charge is 2.33. The van der Waals surface area contributed by atoms with Crippen LogP contribution in [0.3, 0.4) is 0 Å². The van der Waals surface area contributed by atoms with Crippen molar-refractivity contribution in [3.05, 3.63) is 21.3 Å². The Morgan fingerprint density at radius 2 is 2.10 bits per heavy atom. The van der Waals surface area contributed by atoms with Crippen molar-refractivity contribution in [1.82, 2.24) is 5.32 Å². The highest BCUT2D eigenvalue weighted by Crippen LogP contribution is 2.27. The normalized spacial score (nSPS) is 13.4. The molecule has 1 atom stereocenters. The van der Waals surface area contributed by atoms with Crippen molar-refractivity contribution in [3.8, 4) is 5.75 Å². The SMILES string of the molecule is CC[C@@](C)(NC(=O)c1cc(I)c(N)cc1OC)C(=O)O. The van der Waals surface area contributed by atoms with E-state index in [1.54, 1.807) is 19.1 Å². The van der Waals surface area contributed by atoms with Gasteiger partial charge in [0.2, 0.25) is 0 Å². The van der Waals surface area contributed by atoms with Crippen molar-refractivity contribution in [1.29, 1.82) is 0 Å². The van der Waals surface area contributed by atoms with Crippen LogP contribution in [0, 0.1) is 3.57 Å². The van der Waals surface area contributed by atoms with Gasteiger partial charge >= 0.3 is 5.97 Å². The maximum absolute atomic E-state index is 12.3. The van der Waals surface area contributed by atoms with Crippen LogP contribution in [-0.2, 0) is 4.79 Å². The summed E-state index contributed by atoms with van der Waals surface area (Å²) in [6.07, 6.45) is 0.266. The molecule has 0 fully saturated rings. The molecule has 1 rings (SSSR count). The molecule has 7 heteroatoms. The lowest BCUT2D eigenvalue weighted by atomic mass is 9.98. The molecule has 20 heavy (non-hydrogen) atoms. The zero-order chi connectivity index (χ0) is 15.5.